The summed E-state index contributed by atoms with van der Waals surface area (Å²) in [6.07, 6.45) is 0. The van der Waals surface area contributed by atoms with Gasteiger partial charge >= 0.3 is 0 Å². The predicted molar refractivity (Wildman–Crippen MR) is 261 cm³/mol. The quantitative estimate of drug-likeness (QED) is 0.145. The van der Waals surface area contributed by atoms with Gasteiger partial charge in [0.15, 0.2) is 0 Å². The van der Waals surface area contributed by atoms with Crippen LogP contribution in [0, 0.1) is 0 Å². The molecule has 12 aromatic rings. The topological polar surface area (TPSA) is 70.4 Å². The maximum atomic E-state index is 11.8. The van der Waals surface area contributed by atoms with Crippen molar-refractivity contribution in [1.29, 1.82) is 0 Å². The number of hydrogen-bond donors (Lipinski definition) is 3. The fourth-order valence-electron chi connectivity index (χ4n) is 11.4. The Balaban J connectivity index is 0.896. The van der Waals surface area contributed by atoms with E-state index in [1.54, 1.807) is 0 Å². The summed E-state index contributed by atoms with van der Waals surface area (Å²) in [6, 6.07) is 51.3. The molecule has 6 nitrogen and oxygen atoms in total. The molecule has 0 spiro atoms. The molecule has 6 heteroatoms. The molecule has 13 rings (SSSR count). The number of rotatable bonds is 6. The van der Waals surface area contributed by atoms with Crippen molar-refractivity contribution in [3.05, 3.63) is 162 Å². The summed E-state index contributed by atoms with van der Waals surface area (Å²) in [5.74, 6) is 0.977. The van der Waals surface area contributed by atoms with E-state index in [0.29, 0.717) is 36.9 Å². The Hall–Kier alpha value is -6.96. The second-order valence-corrected chi connectivity index (χ2v) is 18.0. The van der Waals surface area contributed by atoms with Gasteiger partial charge in [0.05, 0.1) is 0 Å². The molecular formula is C57H45N3O3. The molecule has 1 heterocycles. The zero-order valence-corrected chi connectivity index (χ0v) is 34.9. The van der Waals surface area contributed by atoms with E-state index in [9.17, 15) is 15.3 Å². The molecule has 3 N–H and O–H groups in total. The van der Waals surface area contributed by atoms with Gasteiger partial charge in [-0.1, -0.05) is 127 Å². The van der Waals surface area contributed by atoms with E-state index in [2.05, 4.69) is 142 Å². The molecule has 63 heavy (non-hydrogen) atoms. The highest BCUT2D eigenvalue weighted by atomic mass is 16.3. The predicted octanol–water partition coefficient (Wildman–Crippen LogP) is 12.3. The highest BCUT2D eigenvalue weighted by Gasteiger charge is 2.24. The molecule has 1 aliphatic heterocycles. The summed E-state index contributed by atoms with van der Waals surface area (Å²) in [4.78, 5) is 7.47. The van der Waals surface area contributed by atoms with Crippen molar-refractivity contribution >= 4 is 97.0 Å². The Morgan fingerprint density at radius 2 is 0.524 bits per heavy atom. The lowest BCUT2D eigenvalue weighted by atomic mass is 9.91. The standard InChI is InChI=1S/C57H45N3O3/c61-49-28-40-13-10-34-4-1-7-37-16-19-43(55(40)52(34)37)46(49)31-58-22-24-59(32-47-44-20-17-38-8-2-5-35-11-14-41(29-50(47)62)56(44)53(35)38)26-27-60(25-23-58)33-48-45-21-18-39-9-3-6-36-12-15-42(30-51(48)63)57(45)54(36)39/h1-21,28-30,61-63H,22-27,31-33H2. The molecule has 306 valence electrons. The fraction of sp³-hybridized carbons (Fsp3) is 0.158. The van der Waals surface area contributed by atoms with Crippen LogP contribution in [0.1, 0.15) is 16.7 Å². The first-order valence-electron chi connectivity index (χ1n) is 22.3. The minimum absolute atomic E-state index is 0.326. The summed E-state index contributed by atoms with van der Waals surface area (Å²) in [7, 11) is 0. The Morgan fingerprint density at radius 1 is 0.286 bits per heavy atom. The van der Waals surface area contributed by atoms with Crippen LogP contribution in [0.5, 0.6) is 17.2 Å². The summed E-state index contributed by atoms with van der Waals surface area (Å²) >= 11 is 0. The molecule has 0 radical (unpaired) electrons. The van der Waals surface area contributed by atoms with Crippen LogP contribution < -0.4 is 0 Å². The second-order valence-electron chi connectivity index (χ2n) is 18.0. The molecule has 0 amide bonds. The van der Waals surface area contributed by atoms with Gasteiger partial charge in [-0.2, -0.15) is 0 Å². The van der Waals surface area contributed by atoms with Gasteiger partial charge in [0, 0.05) is 75.6 Å². The van der Waals surface area contributed by atoms with E-state index in [0.717, 1.165) is 88.3 Å². The van der Waals surface area contributed by atoms with E-state index in [1.165, 1.54) is 64.6 Å². The molecule has 1 fully saturated rings. The first-order valence-corrected chi connectivity index (χ1v) is 22.3. The molecule has 0 aromatic heterocycles. The van der Waals surface area contributed by atoms with Gasteiger partial charge < -0.3 is 15.3 Å². The maximum absolute atomic E-state index is 11.8. The van der Waals surface area contributed by atoms with Crippen LogP contribution in [0.2, 0.25) is 0 Å². The molecule has 0 aliphatic carbocycles. The van der Waals surface area contributed by atoms with Gasteiger partial charge in [-0.25, -0.2) is 0 Å². The largest absolute Gasteiger partial charge is 0.508 e. The van der Waals surface area contributed by atoms with E-state index < -0.39 is 0 Å². The number of nitrogens with zero attached hydrogens (tertiary/aromatic N) is 3. The third-order valence-electron chi connectivity index (χ3n) is 14.5. The third-order valence-corrected chi connectivity index (χ3v) is 14.5. The van der Waals surface area contributed by atoms with Crippen LogP contribution in [0.3, 0.4) is 0 Å². The van der Waals surface area contributed by atoms with Crippen molar-refractivity contribution in [2.75, 3.05) is 39.3 Å². The molecule has 0 unspecified atom stereocenters. The minimum Gasteiger partial charge on any atom is -0.508 e. The smallest absolute Gasteiger partial charge is 0.121 e. The highest BCUT2D eigenvalue weighted by Crippen LogP contribution is 2.43. The first kappa shape index (κ1) is 36.7. The van der Waals surface area contributed by atoms with Crippen LogP contribution in [-0.2, 0) is 19.6 Å². The summed E-state index contributed by atoms with van der Waals surface area (Å²) in [5, 5.41) is 56.4. The number of phenolic OH excluding ortho intramolecular Hbond substituents is 3. The van der Waals surface area contributed by atoms with Crippen LogP contribution in [0.4, 0.5) is 0 Å². The zero-order valence-electron chi connectivity index (χ0n) is 34.9. The van der Waals surface area contributed by atoms with Crippen LogP contribution in [0.15, 0.2) is 146 Å². The van der Waals surface area contributed by atoms with Crippen molar-refractivity contribution in [3.63, 3.8) is 0 Å². The van der Waals surface area contributed by atoms with Crippen molar-refractivity contribution in [1.82, 2.24) is 14.7 Å². The lowest BCUT2D eigenvalue weighted by molar-refractivity contribution is 0.208. The van der Waals surface area contributed by atoms with E-state index in [1.807, 2.05) is 18.2 Å². The lowest BCUT2D eigenvalue weighted by Crippen LogP contribution is -2.35. The SMILES string of the molecule is Oc1cc2ccc3cccc4ccc(c1CN1CCN(Cc5c(O)cc6ccc7cccc8ccc5c6c78)CCN(Cc5c(O)cc6ccc7cccc8ccc5c6c78)CC1)c2c34. The molecule has 0 saturated carbocycles. The Morgan fingerprint density at radius 3 is 0.794 bits per heavy atom. The van der Waals surface area contributed by atoms with Crippen LogP contribution >= 0.6 is 0 Å². The van der Waals surface area contributed by atoms with Crippen LogP contribution in [0.25, 0.3) is 97.0 Å². The number of hydrogen-bond acceptors (Lipinski definition) is 6. The first-order chi connectivity index (χ1) is 30.9. The van der Waals surface area contributed by atoms with Crippen molar-refractivity contribution < 1.29 is 15.3 Å². The Kier molecular flexibility index (Phi) is 8.17. The molecular weight excluding hydrogens is 775 g/mol. The molecule has 0 bridgehead atoms. The highest BCUT2D eigenvalue weighted by molar-refractivity contribution is 6.26. The average Bonchev–Trinajstić information content (AvgIpc) is 3.39. The number of aromatic hydroxyl groups is 3. The van der Waals surface area contributed by atoms with E-state index >= 15 is 0 Å². The number of benzene rings is 12. The second kappa shape index (κ2) is 14.0. The van der Waals surface area contributed by atoms with Gasteiger partial charge in [-0.05, 0) is 115 Å². The summed E-state index contributed by atoms with van der Waals surface area (Å²) in [6.45, 7) is 6.48. The Labute approximate surface area is 364 Å². The van der Waals surface area contributed by atoms with E-state index in [-0.39, 0.29) is 0 Å². The van der Waals surface area contributed by atoms with Gasteiger partial charge in [0.1, 0.15) is 17.2 Å². The average molecular weight is 820 g/mol. The van der Waals surface area contributed by atoms with E-state index in [4.69, 9.17) is 0 Å². The lowest BCUT2D eigenvalue weighted by Gasteiger charge is -2.27. The normalized spacial score (nSPS) is 15.4. The van der Waals surface area contributed by atoms with Gasteiger partial charge in [0.25, 0.3) is 0 Å². The molecule has 1 saturated heterocycles. The van der Waals surface area contributed by atoms with Gasteiger partial charge in [-0.3, -0.25) is 14.7 Å². The third kappa shape index (κ3) is 5.75. The zero-order chi connectivity index (χ0) is 41.9. The molecule has 12 aromatic carbocycles. The van der Waals surface area contributed by atoms with Crippen molar-refractivity contribution in [2.45, 2.75) is 19.6 Å². The molecule has 0 atom stereocenters. The summed E-state index contributed by atoms with van der Waals surface area (Å²) in [5.41, 5.74) is 2.85. The van der Waals surface area contributed by atoms with Gasteiger partial charge in [-0.15, -0.1) is 0 Å². The monoisotopic (exact) mass is 819 g/mol. The molecule has 1 aliphatic rings. The maximum Gasteiger partial charge on any atom is 0.121 e. The minimum atomic E-state index is 0.326. The van der Waals surface area contributed by atoms with Gasteiger partial charge in [0.2, 0.25) is 0 Å². The fourth-order valence-corrected chi connectivity index (χ4v) is 11.4. The number of phenols is 3. The Bertz CT molecular complexity index is 3300. The summed E-state index contributed by atoms with van der Waals surface area (Å²) < 4.78 is 0. The van der Waals surface area contributed by atoms with Crippen LogP contribution in [-0.4, -0.2) is 69.3 Å². The van der Waals surface area contributed by atoms with Crippen molar-refractivity contribution in [2.24, 2.45) is 0 Å². The van der Waals surface area contributed by atoms with Crippen molar-refractivity contribution in [3.8, 4) is 17.2 Å².